The van der Waals surface area contributed by atoms with Crippen LogP contribution < -0.4 is 4.90 Å². The van der Waals surface area contributed by atoms with Gasteiger partial charge in [-0.1, -0.05) is 0 Å². The van der Waals surface area contributed by atoms with Crippen molar-refractivity contribution in [3.05, 3.63) is 18.5 Å². The minimum Gasteiger partial charge on any atom is -0.379 e. The third-order valence-corrected chi connectivity index (χ3v) is 3.13. The average Bonchev–Trinajstić information content (AvgIpc) is 2.45. The number of ether oxygens (including phenoxy) is 1. The SMILES string of the molecule is ClCCOCCN1CCN(c2ncccn2)CC1. The molecule has 1 aromatic rings. The molecule has 1 aliphatic heterocycles. The monoisotopic (exact) mass is 270 g/mol. The highest BCUT2D eigenvalue weighted by Gasteiger charge is 2.17. The second-order valence-electron chi connectivity index (χ2n) is 4.18. The quantitative estimate of drug-likeness (QED) is 0.566. The van der Waals surface area contributed by atoms with Gasteiger partial charge in [0.1, 0.15) is 0 Å². The highest BCUT2D eigenvalue weighted by molar-refractivity contribution is 6.17. The number of nitrogens with zero attached hydrogens (tertiary/aromatic N) is 4. The van der Waals surface area contributed by atoms with Gasteiger partial charge in [0, 0.05) is 51.0 Å². The first-order chi connectivity index (χ1) is 8.90. The first kappa shape index (κ1) is 13.5. The standard InChI is InChI=1S/C12H19ClN4O/c13-2-10-18-11-9-16-5-7-17(8-6-16)12-14-3-1-4-15-12/h1,3-4H,2,5-11H2. The van der Waals surface area contributed by atoms with Crippen molar-refractivity contribution in [3.8, 4) is 0 Å². The molecule has 0 amide bonds. The van der Waals surface area contributed by atoms with Crippen molar-refractivity contribution >= 4 is 17.5 Å². The lowest BCUT2D eigenvalue weighted by molar-refractivity contribution is 0.112. The third-order valence-electron chi connectivity index (χ3n) is 2.98. The normalized spacial score (nSPS) is 17.1. The Morgan fingerprint density at radius 1 is 1.11 bits per heavy atom. The third kappa shape index (κ3) is 4.08. The van der Waals surface area contributed by atoms with Crippen LogP contribution >= 0.6 is 11.6 Å². The molecule has 18 heavy (non-hydrogen) atoms. The Hall–Kier alpha value is -0.910. The maximum Gasteiger partial charge on any atom is 0.225 e. The summed E-state index contributed by atoms with van der Waals surface area (Å²) in [4.78, 5) is 13.2. The van der Waals surface area contributed by atoms with Gasteiger partial charge in [-0.2, -0.15) is 0 Å². The molecule has 0 aromatic carbocycles. The summed E-state index contributed by atoms with van der Waals surface area (Å²) in [6.45, 7) is 6.37. The summed E-state index contributed by atoms with van der Waals surface area (Å²) < 4.78 is 5.39. The smallest absolute Gasteiger partial charge is 0.225 e. The van der Waals surface area contributed by atoms with E-state index in [0.717, 1.165) is 45.3 Å². The second kappa shape index (κ2) is 7.51. The lowest BCUT2D eigenvalue weighted by atomic mass is 10.3. The van der Waals surface area contributed by atoms with E-state index >= 15 is 0 Å². The molecule has 0 atom stereocenters. The van der Waals surface area contributed by atoms with Crippen LogP contribution in [0.4, 0.5) is 5.95 Å². The van der Waals surface area contributed by atoms with Gasteiger partial charge in [0.05, 0.1) is 13.2 Å². The molecule has 2 rings (SSSR count). The highest BCUT2D eigenvalue weighted by Crippen LogP contribution is 2.09. The highest BCUT2D eigenvalue weighted by atomic mass is 35.5. The van der Waals surface area contributed by atoms with Crippen LogP contribution in [-0.2, 0) is 4.74 Å². The Kier molecular flexibility index (Phi) is 5.64. The maximum absolute atomic E-state index is 5.55. The van der Waals surface area contributed by atoms with Crippen LogP contribution in [0.3, 0.4) is 0 Å². The van der Waals surface area contributed by atoms with Crippen LogP contribution in [-0.4, -0.2) is 66.7 Å². The fourth-order valence-electron chi connectivity index (χ4n) is 1.98. The van der Waals surface area contributed by atoms with Crippen molar-refractivity contribution in [2.45, 2.75) is 0 Å². The molecule has 2 heterocycles. The molecule has 0 spiro atoms. The van der Waals surface area contributed by atoms with Gasteiger partial charge in [0.25, 0.3) is 0 Å². The van der Waals surface area contributed by atoms with Crippen molar-refractivity contribution < 1.29 is 4.74 Å². The van der Waals surface area contributed by atoms with Gasteiger partial charge in [-0.3, -0.25) is 4.90 Å². The van der Waals surface area contributed by atoms with Crippen LogP contribution in [0, 0.1) is 0 Å². The molecule has 5 nitrogen and oxygen atoms in total. The van der Waals surface area contributed by atoms with Gasteiger partial charge < -0.3 is 9.64 Å². The lowest BCUT2D eigenvalue weighted by Crippen LogP contribution is -2.47. The predicted octanol–water partition coefficient (Wildman–Crippen LogP) is 0.854. The van der Waals surface area contributed by atoms with Crippen molar-refractivity contribution in [3.63, 3.8) is 0 Å². The summed E-state index contributed by atoms with van der Waals surface area (Å²) in [7, 11) is 0. The summed E-state index contributed by atoms with van der Waals surface area (Å²) in [5, 5.41) is 0. The van der Waals surface area contributed by atoms with Gasteiger partial charge in [-0.05, 0) is 6.07 Å². The molecule has 0 N–H and O–H groups in total. The van der Waals surface area contributed by atoms with E-state index in [9.17, 15) is 0 Å². The Labute approximate surface area is 113 Å². The molecule has 0 saturated carbocycles. The fraction of sp³-hybridized carbons (Fsp3) is 0.667. The molecule has 1 aromatic heterocycles. The van der Waals surface area contributed by atoms with Crippen LogP contribution in [0.1, 0.15) is 0 Å². The number of hydrogen-bond acceptors (Lipinski definition) is 5. The zero-order valence-corrected chi connectivity index (χ0v) is 11.2. The van der Waals surface area contributed by atoms with Crippen LogP contribution in [0.2, 0.25) is 0 Å². The topological polar surface area (TPSA) is 41.5 Å². The van der Waals surface area contributed by atoms with Gasteiger partial charge in [0.2, 0.25) is 5.95 Å². The molecule has 1 saturated heterocycles. The Balaban J connectivity index is 1.68. The second-order valence-corrected chi connectivity index (χ2v) is 4.56. The van der Waals surface area contributed by atoms with E-state index < -0.39 is 0 Å². The summed E-state index contributed by atoms with van der Waals surface area (Å²) in [6.07, 6.45) is 3.57. The van der Waals surface area contributed by atoms with E-state index in [1.165, 1.54) is 0 Å². The predicted molar refractivity (Wildman–Crippen MR) is 72.2 cm³/mol. The number of halogens is 1. The van der Waals surface area contributed by atoms with Gasteiger partial charge >= 0.3 is 0 Å². The summed E-state index contributed by atoms with van der Waals surface area (Å²) in [5.41, 5.74) is 0. The number of hydrogen-bond donors (Lipinski definition) is 0. The minimum absolute atomic E-state index is 0.569. The number of anilines is 1. The van der Waals surface area contributed by atoms with E-state index in [1.54, 1.807) is 12.4 Å². The Bertz CT molecular complexity index is 330. The summed E-state index contributed by atoms with van der Waals surface area (Å²) in [5.74, 6) is 1.40. The van der Waals surface area contributed by atoms with E-state index in [1.807, 2.05) is 6.07 Å². The number of rotatable bonds is 6. The number of aromatic nitrogens is 2. The zero-order chi connectivity index (χ0) is 12.6. The Morgan fingerprint density at radius 3 is 2.50 bits per heavy atom. The molecular formula is C12H19ClN4O. The molecule has 1 aliphatic rings. The molecule has 100 valence electrons. The number of piperazine rings is 1. The van der Waals surface area contributed by atoms with Gasteiger partial charge in [-0.15, -0.1) is 11.6 Å². The molecule has 1 fully saturated rings. The van der Waals surface area contributed by atoms with Crippen molar-refractivity contribution in [1.82, 2.24) is 14.9 Å². The molecule has 6 heteroatoms. The van der Waals surface area contributed by atoms with Crippen molar-refractivity contribution in [2.75, 3.05) is 56.7 Å². The van der Waals surface area contributed by atoms with Gasteiger partial charge in [-0.25, -0.2) is 9.97 Å². The maximum atomic E-state index is 5.55. The minimum atomic E-state index is 0.569. The lowest BCUT2D eigenvalue weighted by Gasteiger charge is -2.34. The molecular weight excluding hydrogens is 252 g/mol. The molecule has 0 bridgehead atoms. The average molecular weight is 271 g/mol. The first-order valence-corrected chi connectivity index (χ1v) is 6.81. The molecule has 0 aliphatic carbocycles. The van der Waals surface area contributed by atoms with E-state index in [0.29, 0.717) is 12.5 Å². The van der Waals surface area contributed by atoms with Crippen LogP contribution in [0.25, 0.3) is 0 Å². The summed E-state index contributed by atoms with van der Waals surface area (Å²) >= 11 is 5.55. The molecule has 0 radical (unpaired) electrons. The Morgan fingerprint density at radius 2 is 1.83 bits per heavy atom. The van der Waals surface area contributed by atoms with Crippen LogP contribution in [0.5, 0.6) is 0 Å². The largest absolute Gasteiger partial charge is 0.379 e. The summed E-state index contributed by atoms with van der Waals surface area (Å²) in [6, 6.07) is 1.84. The van der Waals surface area contributed by atoms with E-state index in [2.05, 4.69) is 19.8 Å². The van der Waals surface area contributed by atoms with E-state index in [4.69, 9.17) is 16.3 Å². The van der Waals surface area contributed by atoms with Crippen molar-refractivity contribution in [1.29, 1.82) is 0 Å². The first-order valence-electron chi connectivity index (χ1n) is 6.28. The van der Waals surface area contributed by atoms with Crippen molar-refractivity contribution in [2.24, 2.45) is 0 Å². The fourth-order valence-corrected chi connectivity index (χ4v) is 2.09. The van der Waals surface area contributed by atoms with Crippen LogP contribution in [0.15, 0.2) is 18.5 Å². The van der Waals surface area contributed by atoms with Gasteiger partial charge in [0.15, 0.2) is 0 Å². The number of alkyl halides is 1. The molecule has 0 unspecified atom stereocenters. The zero-order valence-electron chi connectivity index (χ0n) is 10.5. The van der Waals surface area contributed by atoms with E-state index in [-0.39, 0.29) is 0 Å².